The van der Waals surface area contributed by atoms with Gasteiger partial charge in [0.05, 0.1) is 29.8 Å². The number of ether oxygens (including phenoxy) is 1. The number of aryl methyl sites for hydroxylation is 1. The average molecular weight is 309 g/mol. The van der Waals surface area contributed by atoms with Gasteiger partial charge in [0.25, 0.3) is 0 Å². The number of nitrogens with zero attached hydrogens (tertiary/aromatic N) is 4. The van der Waals surface area contributed by atoms with E-state index in [1.54, 1.807) is 24.0 Å². The van der Waals surface area contributed by atoms with Crippen molar-refractivity contribution in [3.8, 4) is 17.1 Å². The highest BCUT2D eigenvalue weighted by Gasteiger charge is 2.31. The summed E-state index contributed by atoms with van der Waals surface area (Å²) in [7, 11) is 0. The molecule has 4 rings (SSSR count). The fourth-order valence-corrected chi connectivity index (χ4v) is 2.93. The molecule has 0 saturated carbocycles. The van der Waals surface area contributed by atoms with Crippen LogP contribution in [0.2, 0.25) is 0 Å². The van der Waals surface area contributed by atoms with E-state index in [-0.39, 0.29) is 0 Å². The van der Waals surface area contributed by atoms with Crippen molar-refractivity contribution in [2.24, 2.45) is 0 Å². The smallest absolute Gasteiger partial charge is 0.359 e. The van der Waals surface area contributed by atoms with E-state index in [2.05, 4.69) is 20.3 Å². The molecule has 3 aromatic heterocycles. The zero-order valence-corrected chi connectivity index (χ0v) is 12.6. The largest absolute Gasteiger partial charge is 0.461 e. The van der Waals surface area contributed by atoms with Gasteiger partial charge in [0, 0.05) is 6.20 Å². The van der Waals surface area contributed by atoms with Gasteiger partial charge in [0.2, 0.25) is 0 Å². The highest BCUT2D eigenvalue weighted by Crippen LogP contribution is 2.35. The minimum Gasteiger partial charge on any atom is -0.461 e. The molecular formula is C16H15N5O2. The van der Waals surface area contributed by atoms with E-state index in [0.29, 0.717) is 18.1 Å². The standard InChI is InChI=1S/C16H15N5O2/c1-2-23-16(22)15-13-11(7-6-10-9-18-19-14(10)13)21(20-15)12-5-3-4-8-17-12/h3-5,8-9H,2,6-7H2,1H3,(H,18,19). The van der Waals surface area contributed by atoms with Gasteiger partial charge < -0.3 is 4.74 Å². The SMILES string of the molecule is CCOC(=O)c1nn(-c2ccccn2)c2c1-c1[nH]ncc1CC2. The number of nitrogens with one attached hydrogen (secondary N) is 1. The molecule has 116 valence electrons. The van der Waals surface area contributed by atoms with Crippen LogP contribution in [0, 0.1) is 0 Å². The summed E-state index contributed by atoms with van der Waals surface area (Å²) in [4.78, 5) is 16.7. The van der Waals surface area contributed by atoms with Crippen molar-refractivity contribution in [3.63, 3.8) is 0 Å². The van der Waals surface area contributed by atoms with E-state index >= 15 is 0 Å². The Balaban J connectivity index is 1.95. The molecule has 0 spiro atoms. The van der Waals surface area contributed by atoms with Crippen LogP contribution in [0.3, 0.4) is 0 Å². The quantitative estimate of drug-likeness (QED) is 0.747. The van der Waals surface area contributed by atoms with Crippen LogP contribution < -0.4 is 0 Å². The van der Waals surface area contributed by atoms with Crippen molar-refractivity contribution in [3.05, 3.63) is 47.5 Å². The zero-order chi connectivity index (χ0) is 15.8. The third kappa shape index (κ3) is 2.12. The van der Waals surface area contributed by atoms with Gasteiger partial charge in [-0.1, -0.05) is 6.07 Å². The number of fused-ring (bicyclic) bond motifs is 3. The van der Waals surface area contributed by atoms with Gasteiger partial charge >= 0.3 is 5.97 Å². The van der Waals surface area contributed by atoms with Crippen molar-refractivity contribution >= 4 is 5.97 Å². The second kappa shape index (κ2) is 5.35. The van der Waals surface area contributed by atoms with Crippen molar-refractivity contribution in [1.29, 1.82) is 0 Å². The predicted octanol–water partition coefficient (Wildman–Crippen LogP) is 1.93. The average Bonchev–Trinajstić information content (AvgIpc) is 3.19. The molecule has 7 nitrogen and oxygen atoms in total. The molecule has 0 aromatic carbocycles. The second-order valence-corrected chi connectivity index (χ2v) is 5.26. The van der Waals surface area contributed by atoms with Crippen LogP contribution in [0.1, 0.15) is 28.7 Å². The van der Waals surface area contributed by atoms with Gasteiger partial charge in [-0.25, -0.2) is 14.5 Å². The number of aromatic nitrogens is 5. The summed E-state index contributed by atoms with van der Waals surface area (Å²) in [6.45, 7) is 2.08. The molecule has 0 bridgehead atoms. The van der Waals surface area contributed by atoms with E-state index in [1.807, 2.05) is 18.2 Å². The molecular weight excluding hydrogens is 294 g/mol. The minimum absolute atomic E-state index is 0.303. The van der Waals surface area contributed by atoms with E-state index in [1.165, 1.54) is 0 Å². The fourth-order valence-electron chi connectivity index (χ4n) is 2.93. The van der Waals surface area contributed by atoms with E-state index in [9.17, 15) is 4.79 Å². The number of hydrogen-bond acceptors (Lipinski definition) is 5. The Kier molecular flexibility index (Phi) is 3.18. The highest BCUT2D eigenvalue weighted by atomic mass is 16.5. The van der Waals surface area contributed by atoms with E-state index in [0.717, 1.165) is 35.4 Å². The molecule has 23 heavy (non-hydrogen) atoms. The van der Waals surface area contributed by atoms with Gasteiger partial charge in [0.1, 0.15) is 0 Å². The number of aromatic amines is 1. The van der Waals surface area contributed by atoms with Crippen LogP contribution in [0.5, 0.6) is 0 Å². The van der Waals surface area contributed by atoms with Crippen LogP contribution in [0.4, 0.5) is 0 Å². The first-order valence-electron chi connectivity index (χ1n) is 7.52. The molecule has 3 aromatic rings. The molecule has 0 aliphatic heterocycles. The fraction of sp³-hybridized carbons (Fsp3) is 0.250. The molecule has 0 fully saturated rings. The van der Waals surface area contributed by atoms with Gasteiger partial charge in [-0.05, 0) is 37.5 Å². The van der Waals surface area contributed by atoms with Crippen LogP contribution in [0.25, 0.3) is 17.1 Å². The summed E-state index contributed by atoms with van der Waals surface area (Å²) in [6.07, 6.45) is 5.12. The first-order chi connectivity index (χ1) is 11.3. The number of rotatable bonds is 3. The number of carbonyl (C=O) groups excluding carboxylic acids is 1. The third-order valence-electron chi connectivity index (χ3n) is 3.92. The first kappa shape index (κ1) is 13.7. The molecule has 0 saturated heterocycles. The summed E-state index contributed by atoms with van der Waals surface area (Å²) in [5.74, 6) is 0.253. The Morgan fingerprint density at radius 2 is 2.30 bits per heavy atom. The van der Waals surface area contributed by atoms with Gasteiger partial charge in [0.15, 0.2) is 11.5 Å². The molecule has 1 N–H and O–H groups in total. The van der Waals surface area contributed by atoms with Crippen LogP contribution >= 0.6 is 0 Å². The lowest BCUT2D eigenvalue weighted by atomic mass is 9.94. The Morgan fingerprint density at radius 3 is 3.09 bits per heavy atom. The molecule has 1 aliphatic carbocycles. The topological polar surface area (TPSA) is 85.7 Å². The zero-order valence-electron chi connectivity index (χ0n) is 12.6. The maximum atomic E-state index is 12.3. The number of pyridine rings is 1. The molecule has 0 radical (unpaired) electrons. The first-order valence-corrected chi connectivity index (χ1v) is 7.52. The molecule has 1 aliphatic rings. The predicted molar refractivity (Wildman–Crippen MR) is 82.3 cm³/mol. The number of carbonyl (C=O) groups is 1. The Hall–Kier alpha value is -2.96. The van der Waals surface area contributed by atoms with Crippen LogP contribution in [-0.4, -0.2) is 37.5 Å². The van der Waals surface area contributed by atoms with E-state index < -0.39 is 5.97 Å². The number of esters is 1. The van der Waals surface area contributed by atoms with Crippen molar-refractivity contribution in [1.82, 2.24) is 25.0 Å². The Morgan fingerprint density at radius 1 is 1.39 bits per heavy atom. The number of hydrogen-bond donors (Lipinski definition) is 1. The summed E-state index contributed by atoms with van der Waals surface area (Å²) >= 11 is 0. The van der Waals surface area contributed by atoms with Gasteiger partial charge in [-0.3, -0.25) is 5.10 Å². The Labute approximate surface area is 132 Å². The molecule has 7 heteroatoms. The lowest BCUT2D eigenvalue weighted by Gasteiger charge is -2.14. The van der Waals surface area contributed by atoms with Crippen LogP contribution in [-0.2, 0) is 17.6 Å². The van der Waals surface area contributed by atoms with Crippen molar-refractivity contribution < 1.29 is 9.53 Å². The Bertz CT molecular complexity index is 866. The number of H-pyrrole nitrogens is 1. The summed E-state index contributed by atoms with van der Waals surface area (Å²) < 4.78 is 6.89. The van der Waals surface area contributed by atoms with Crippen LogP contribution in [0.15, 0.2) is 30.6 Å². The highest BCUT2D eigenvalue weighted by molar-refractivity contribution is 5.96. The molecule has 3 heterocycles. The monoisotopic (exact) mass is 309 g/mol. The molecule has 0 atom stereocenters. The van der Waals surface area contributed by atoms with Crippen molar-refractivity contribution in [2.45, 2.75) is 19.8 Å². The minimum atomic E-state index is -0.430. The normalized spacial score (nSPS) is 12.6. The molecule has 0 unspecified atom stereocenters. The summed E-state index contributed by atoms with van der Waals surface area (Å²) in [5, 5.41) is 11.6. The summed E-state index contributed by atoms with van der Waals surface area (Å²) in [5.41, 5.74) is 3.95. The van der Waals surface area contributed by atoms with Gasteiger partial charge in [-0.15, -0.1) is 0 Å². The third-order valence-corrected chi connectivity index (χ3v) is 3.92. The van der Waals surface area contributed by atoms with Gasteiger partial charge in [-0.2, -0.15) is 10.2 Å². The molecule has 0 amide bonds. The lowest BCUT2D eigenvalue weighted by molar-refractivity contribution is 0.0520. The maximum absolute atomic E-state index is 12.3. The lowest BCUT2D eigenvalue weighted by Crippen LogP contribution is -2.09. The van der Waals surface area contributed by atoms with E-state index in [4.69, 9.17) is 4.74 Å². The maximum Gasteiger partial charge on any atom is 0.359 e. The summed E-state index contributed by atoms with van der Waals surface area (Å²) in [6, 6.07) is 5.61. The second-order valence-electron chi connectivity index (χ2n) is 5.26. The van der Waals surface area contributed by atoms with Crippen molar-refractivity contribution in [2.75, 3.05) is 6.61 Å².